The molecule has 3 N–H and O–H groups in total. The highest BCUT2D eigenvalue weighted by Gasteiger charge is 2.32. The van der Waals surface area contributed by atoms with Crippen LogP contribution in [0.1, 0.15) is 31.7 Å². The number of hydrogen-bond donors (Lipinski definition) is 3. The number of pyridine rings is 1. The van der Waals surface area contributed by atoms with Gasteiger partial charge in [-0.3, -0.25) is 10.2 Å². The normalized spacial score (nSPS) is 27.4. The summed E-state index contributed by atoms with van der Waals surface area (Å²) in [7, 11) is 0. The van der Waals surface area contributed by atoms with Crippen LogP contribution < -0.4 is 21.1 Å². The number of carbonyl (C=O) groups excluding carboxylic acids is 1. The molecule has 2 aliphatic heterocycles. The van der Waals surface area contributed by atoms with Gasteiger partial charge in [-0.2, -0.15) is 13.2 Å². The summed E-state index contributed by atoms with van der Waals surface area (Å²) in [5.74, 6) is 0.449. The molecule has 6 nitrogen and oxygen atoms in total. The molecule has 1 aromatic heterocycles. The van der Waals surface area contributed by atoms with Crippen molar-refractivity contribution in [2.45, 2.75) is 50.5 Å². The van der Waals surface area contributed by atoms with Crippen LogP contribution in [0, 0.1) is 0 Å². The lowest BCUT2D eigenvalue weighted by Gasteiger charge is -2.34. The maximum absolute atomic E-state index is 12.6. The van der Waals surface area contributed by atoms with Crippen LogP contribution in [0.5, 0.6) is 0 Å². The first-order valence-corrected chi connectivity index (χ1v) is 8.42. The van der Waals surface area contributed by atoms with Gasteiger partial charge in [-0.15, -0.1) is 0 Å². The molecule has 0 aromatic carbocycles. The van der Waals surface area contributed by atoms with E-state index in [1.54, 1.807) is 0 Å². The summed E-state index contributed by atoms with van der Waals surface area (Å²) in [5, 5.41) is 3.03. The molecule has 2 fully saturated rings. The van der Waals surface area contributed by atoms with Gasteiger partial charge in [0.25, 0.3) is 0 Å². The topological polar surface area (TPSA) is 69.3 Å². The first-order valence-electron chi connectivity index (χ1n) is 8.42. The Morgan fingerprint density at radius 1 is 1.36 bits per heavy atom. The average molecular weight is 357 g/mol. The van der Waals surface area contributed by atoms with Crippen molar-refractivity contribution >= 4 is 11.7 Å². The highest BCUT2D eigenvalue weighted by Crippen LogP contribution is 2.29. The third kappa shape index (κ3) is 4.40. The molecule has 25 heavy (non-hydrogen) atoms. The van der Waals surface area contributed by atoms with E-state index < -0.39 is 11.7 Å². The molecule has 0 bridgehead atoms. The average Bonchev–Trinajstić information content (AvgIpc) is 3.01. The molecule has 3 heterocycles. The van der Waals surface area contributed by atoms with Crippen LogP contribution in [0.25, 0.3) is 0 Å². The second-order valence-corrected chi connectivity index (χ2v) is 6.67. The third-order valence-electron chi connectivity index (χ3n) is 4.58. The standard InChI is InChI=1S/C16H22F3N5O/c1-10-7-13(23-22-10)15(25)21-12-3-2-6-24(9-12)14-5-4-11(8-20-14)16(17,18)19/h4-5,8,10,12-13,22-23H,2-3,6-7,9H2,1H3,(H,21,25). The van der Waals surface area contributed by atoms with E-state index in [1.165, 1.54) is 6.07 Å². The van der Waals surface area contributed by atoms with E-state index in [9.17, 15) is 18.0 Å². The lowest BCUT2D eigenvalue weighted by atomic mass is 10.0. The highest BCUT2D eigenvalue weighted by atomic mass is 19.4. The fourth-order valence-electron chi connectivity index (χ4n) is 3.23. The monoisotopic (exact) mass is 357 g/mol. The molecule has 0 saturated carbocycles. The van der Waals surface area contributed by atoms with Crippen molar-refractivity contribution in [2.24, 2.45) is 0 Å². The highest BCUT2D eigenvalue weighted by molar-refractivity contribution is 5.82. The van der Waals surface area contributed by atoms with E-state index in [1.807, 2.05) is 11.8 Å². The number of alkyl halides is 3. The van der Waals surface area contributed by atoms with Crippen LogP contribution in [0.4, 0.5) is 19.0 Å². The van der Waals surface area contributed by atoms with Gasteiger partial charge in [0.15, 0.2) is 0 Å². The van der Waals surface area contributed by atoms with Gasteiger partial charge >= 0.3 is 6.18 Å². The van der Waals surface area contributed by atoms with Crippen LogP contribution >= 0.6 is 0 Å². The van der Waals surface area contributed by atoms with E-state index in [0.717, 1.165) is 31.5 Å². The van der Waals surface area contributed by atoms with E-state index in [2.05, 4.69) is 21.2 Å². The van der Waals surface area contributed by atoms with Crippen LogP contribution in [0.3, 0.4) is 0 Å². The van der Waals surface area contributed by atoms with Crippen molar-refractivity contribution in [2.75, 3.05) is 18.0 Å². The number of hydrazine groups is 1. The van der Waals surface area contributed by atoms with Gasteiger partial charge in [0, 0.05) is 31.4 Å². The third-order valence-corrected chi connectivity index (χ3v) is 4.58. The Bertz CT molecular complexity index is 607. The quantitative estimate of drug-likeness (QED) is 0.764. The van der Waals surface area contributed by atoms with Crippen molar-refractivity contribution in [3.05, 3.63) is 23.9 Å². The summed E-state index contributed by atoms with van der Waals surface area (Å²) in [6, 6.07) is 2.38. The van der Waals surface area contributed by atoms with Gasteiger partial charge in [0.2, 0.25) is 5.91 Å². The van der Waals surface area contributed by atoms with Gasteiger partial charge < -0.3 is 10.2 Å². The molecule has 0 spiro atoms. The van der Waals surface area contributed by atoms with Crippen molar-refractivity contribution < 1.29 is 18.0 Å². The molecular weight excluding hydrogens is 335 g/mol. The van der Waals surface area contributed by atoms with E-state index in [-0.39, 0.29) is 24.0 Å². The second kappa shape index (κ2) is 7.17. The predicted octanol–water partition coefficient (Wildman–Crippen LogP) is 1.44. The Kier molecular flexibility index (Phi) is 5.14. The molecule has 1 aromatic rings. The lowest BCUT2D eigenvalue weighted by Crippen LogP contribution is -2.52. The Morgan fingerprint density at radius 3 is 2.76 bits per heavy atom. The number of piperidine rings is 1. The number of carbonyl (C=O) groups is 1. The van der Waals surface area contributed by atoms with Crippen LogP contribution in [0.15, 0.2) is 18.3 Å². The minimum Gasteiger partial charge on any atom is -0.355 e. The first-order chi connectivity index (χ1) is 11.8. The van der Waals surface area contributed by atoms with E-state index in [4.69, 9.17) is 0 Å². The molecule has 0 radical (unpaired) electrons. The predicted molar refractivity (Wildman–Crippen MR) is 86.8 cm³/mol. The molecular formula is C16H22F3N5O. The summed E-state index contributed by atoms with van der Waals surface area (Å²) in [5.41, 5.74) is 5.22. The van der Waals surface area contributed by atoms with Gasteiger partial charge in [0.1, 0.15) is 11.9 Å². The van der Waals surface area contributed by atoms with Crippen LogP contribution in [0.2, 0.25) is 0 Å². The summed E-state index contributed by atoms with van der Waals surface area (Å²) < 4.78 is 37.9. The fourth-order valence-corrected chi connectivity index (χ4v) is 3.23. The number of nitrogens with zero attached hydrogens (tertiary/aromatic N) is 2. The number of amides is 1. The van der Waals surface area contributed by atoms with Gasteiger partial charge in [-0.05, 0) is 38.3 Å². The largest absolute Gasteiger partial charge is 0.417 e. The smallest absolute Gasteiger partial charge is 0.355 e. The Labute approximate surface area is 144 Å². The zero-order valence-corrected chi connectivity index (χ0v) is 13.9. The molecule has 3 atom stereocenters. The van der Waals surface area contributed by atoms with Crippen molar-refractivity contribution in [3.63, 3.8) is 0 Å². The summed E-state index contributed by atoms with van der Waals surface area (Å²) in [6.45, 7) is 3.25. The number of rotatable bonds is 3. The number of anilines is 1. The molecule has 2 saturated heterocycles. The molecule has 0 aliphatic carbocycles. The molecule has 3 rings (SSSR count). The number of aromatic nitrogens is 1. The lowest BCUT2D eigenvalue weighted by molar-refractivity contribution is -0.137. The minimum atomic E-state index is -4.39. The number of hydrogen-bond acceptors (Lipinski definition) is 5. The second-order valence-electron chi connectivity index (χ2n) is 6.67. The summed E-state index contributed by atoms with van der Waals surface area (Å²) >= 11 is 0. The van der Waals surface area contributed by atoms with E-state index in [0.29, 0.717) is 18.9 Å². The zero-order chi connectivity index (χ0) is 18.0. The molecule has 138 valence electrons. The number of nitrogens with one attached hydrogen (secondary N) is 3. The van der Waals surface area contributed by atoms with Gasteiger partial charge in [-0.25, -0.2) is 10.4 Å². The van der Waals surface area contributed by atoms with Gasteiger partial charge in [-0.1, -0.05) is 0 Å². The van der Waals surface area contributed by atoms with Crippen LogP contribution in [-0.2, 0) is 11.0 Å². The Balaban J connectivity index is 1.58. The molecule has 9 heteroatoms. The maximum Gasteiger partial charge on any atom is 0.417 e. The molecule has 3 unspecified atom stereocenters. The summed E-state index contributed by atoms with van der Waals surface area (Å²) in [4.78, 5) is 18.1. The Morgan fingerprint density at radius 2 is 2.16 bits per heavy atom. The summed E-state index contributed by atoms with van der Waals surface area (Å²) in [6.07, 6.45) is -1.11. The number of halogens is 3. The van der Waals surface area contributed by atoms with Crippen molar-refractivity contribution in [1.82, 2.24) is 21.2 Å². The molecule has 2 aliphatic rings. The van der Waals surface area contributed by atoms with Gasteiger partial charge in [0.05, 0.1) is 5.56 Å². The maximum atomic E-state index is 12.6. The first kappa shape index (κ1) is 17.9. The van der Waals surface area contributed by atoms with Crippen molar-refractivity contribution in [3.8, 4) is 0 Å². The molecule has 1 amide bonds. The van der Waals surface area contributed by atoms with Crippen molar-refractivity contribution in [1.29, 1.82) is 0 Å². The minimum absolute atomic E-state index is 0.0388. The Hall–Kier alpha value is -1.87. The fraction of sp³-hybridized carbons (Fsp3) is 0.625. The van der Waals surface area contributed by atoms with Crippen LogP contribution in [-0.4, -0.2) is 42.1 Å². The zero-order valence-electron chi connectivity index (χ0n) is 13.9. The van der Waals surface area contributed by atoms with E-state index >= 15 is 0 Å². The SMILES string of the molecule is CC1CC(C(=O)NC2CCCN(c3ccc(C(F)(F)F)cn3)C2)NN1.